The van der Waals surface area contributed by atoms with Crippen LogP contribution >= 0.6 is 0 Å². The molecule has 3 amide bonds. The smallest absolute Gasteiger partial charge is 0.358 e. The van der Waals surface area contributed by atoms with Crippen molar-refractivity contribution in [2.24, 2.45) is 5.73 Å². The zero-order valence-electron chi connectivity index (χ0n) is 10.8. The lowest BCUT2D eigenvalue weighted by Crippen LogP contribution is -2.35. The molecule has 0 radical (unpaired) electrons. The number of rotatable bonds is 7. The quantitative estimate of drug-likeness (QED) is 0.566. The van der Waals surface area contributed by atoms with Crippen molar-refractivity contribution in [3.8, 4) is 0 Å². The highest BCUT2D eigenvalue weighted by Crippen LogP contribution is 2.08. The summed E-state index contributed by atoms with van der Waals surface area (Å²) in [6, 6.07) is -0.945. The van der Waals surface area contributed by atoms with Crippen molar-refractivity contribution in [1.82, 2.24) is 20.3 Å². The Morgan fingerprint density at radius 2 is 2.15 bits per heavy atom. The lowest BCUT2D eigenvalue weighted by atomic mass is 10.2. The number of nitrogens with two attached hydrogens (primary N) is 1. The molecule has 0 aliphatic carbocycles. The van der Waals surface area contributed by atoms with Gasteiger partial charge in [0.05, 0.1) is 18.8 Å². The van der Waals surface area contributed by atoms with Crippen LogP contribution in [0.4, 0.5) is 4.79 Å². The van der Waals surface area contributed by atoms with Crippen molar-refractivity contribution in [2.45, 2.75) is 19.4 Å². The van der Waals surface area contributed by atoms with Gasteiger partial charge in [-0.2, -0.15) is 0 Å². The first kappa shape index (κ1) is 15.6. The third-order valence-electron chi connectivity index (χ3n) is 2.40. The number of urea groups is 1. The number of aromatic nitrogens is 3. The normalized spacial score (nSPS) is 10.2. The van der Waals surface area contributed by atoms with Crippen molar-refractivity contribution in [3.63, 3.8) is 0 Å². The van der Waals surface area contributed by atoms with Crippen LogP contribution in [0.25, 0.3) is 0 Å². The molecule has 1 aromatic heterocycles. The van der Waals surface area contributed by atoms with Crippen LogP contribution in [0.3, 0.4) is 0 Å². The number of imide groups is 1. The molecular weight excluding hydrogens is 270 g/mol. The molecule has 0 aliphatic rings. The average Bonchev–Trinajstić information content (AvgIpc) is 2.76. The van der Waals surface area contributed by atoms with E-state index in [0.717, 1.165) is 0 Å². The highest BCUT2D eigenvalue weighted by molar-refractivity contribution is 5.93. The van der Waals surface area contributed by atoms with Gasteiger partial charge in [-0.25, -0.2) is 14.3 Å². The molecule has 0 saturated carbocycles. The summed E-state index contributed by atoms with van der Waals surface area (Å²) in [7, 11) is 1.48. The van der Waals surface area contributed by atoms with Gasteiger partial charge in [0.25, 0.3) is 0 Å². The molecule has 0 atom stereocenters. The number of carboxylic acid groups (broad SMARTS) is 1. The Morgan fingerprint density at radius 3 is 2.70 bits per heavy atom. The maximum absolute atomic E-state index is 11.3. The standard InChI is InChI=1S/C10H15N5O5/c1-20-5-3-6-8(9(17)18)13-14-15(6)4-2-7(16)12-10(11)19/h2-5H2,1H3,(H,17,18)(H3,11,12,16,19). The van der Waals surface area contributed by atoms with Gasteiger partial charge >= 0.3 is 12.0 Å². The van der Waals surface area contributed by atoms with Crippen molar-refractivity contribution < 1.29 is 24.2 Å². The summed E-state index contributed by atoms with van der Waals surface area (Å²) in [5.41, 5.74) is 4.97. The summed E-state index contributed by atoms with van der Waals surface area (Å²) in [6.07, 6.45) is 0.216. The number of nitrogens with one attached hydrogen (secondary N) is 1. The molecular formula is C10H15N5O5. The van der Waals surface area contributed by atoms with Crippen LogP contribution in [0, 0.1) is 0 Å². The lowest BCUT2D eigenvalue weighted by Gasteiger charge is -2.06. The van der Waals surface area contributed by atoms with Gasteiger partial charge in [-0.15, -0.1) is 5.10 Å². The predicted molar refractivity (Wildman–Crippen MR) is 64.9 cm³/mol. The molecule has 1 aromatic rings. The second kappa shape index (κ2) is 7.19. The number of hydrogen-bond acceptors (Lipinski definition) is 6. The van der Waals surface area contributed by atoms with Gasteiger partial charge in [-0.05, 0) is 0 Å². The van der Waals surface area contributed by atoms with E-state index in [1.165, 1.54) is 11.8 Å². The number of ether oxygens (including phenoxy) is 1. The molecule has 0 fully saturated rings. The molecule has 1 heterocycles. The van der Waals surface area contributed by atoms with Gasteiger partial charge in [-0.3, -0.25) is 10.1 Å². The number of carbonyl (C=O) groups excluding carboxylic acids is 2. The first-order chi connectivity index (χ1) is 9.45. The first-order valence-corrected chi connectivity index (χ1v) is 5.69. The Bertz CT molecular complexity index is 512. The van der Waals surface area contributed by atoms with E-state index in [1.54, 1.807) is 0 Å². The summed E-state index contributed by atoms with van der Waals surface area (Å²) in [6.45, 7) is 0.375. The Kier molecular flexibility index (Phi) is 5.59. The van der Waals surface area contributed by atoms with Crippen molar-refractivity contribution >= 4 is 17.9 Å². The second-order valence-electron chi connectivity index (χ2n) is 3.82. The van der Waals surface area contributed by atoms with Crippen LogP contribution < -0.4 is 11.1 Å². The number of amides is 3. The molecule has 1 rings (SSSR count). The highest BCUT2D eigenvalue weighted by atomic mass is 16.5. The minimum Gasteiger partial charge on any atom is -0.476 e. The SMILES string of the molecule is COCCc1c(C(=O)O)nnn1CCC(=O)NC(N)=O. The van der Waals surface area contributed by atoms with Crippen LogP contribution in [0.2, 0.25) is 0 Å². The summed E-state index contributed by atoms with van der Waals surface area (Å²) in [5, 5.41) is 18.1. The number of hydrogen-bond donors (Lipinski definition) is 3. The van der Waals surface area contributed by atoms with E-state index in [0.29, 0.717) is 18.7 Å². The highest BCUT2D eigenvalue weighted by Gasteiger charge is 2.19. The largest absolute Gasteiger partial charge is 0.476 e. The van der Waals surface area contributed by atoms with Gasteiger partial charge in [-0.1, -0.05) is 5.21 Å². The topological polar surface area (TPSA) is 149 Å². The van der Waals surface area contributed by atoms with Gasteiger partial charge in [0, 0.05) is 20.0 Å². The lowest BCUT2D eigenvalue weighted by molar-refractivity contribution is -0.120. The molecule has 10 nitrogen and oxygen atoms in total. The Labute approximate surface area is 113 Å². The zero-order valence-corrected chi connectivity index (χ0v) is 10.8. The van der Waals surface area contributed by atoms with E-state index < -0.39 is 17.9 Å². The third kappa shape index (κ3) is 4.31. The summed E-state index contributed by atoms with van der Waals surface area (Å²) < 4.78 is 6.18. The van der Waals surface area contributed by atoms with Gasteiger partial charge in [0.1, 0.15) is 0 Å². The number of nitrogens with zero attached hydrogens (tertiary/aromatic N) is 3. The van der Waals surface area contributed by atoms with Crippen LogP contribution in [-0.4, -0.2) is 51.7 Å². The molecule has 10 heteroatoms. The third-order valence-corrected chi connectivity index (χ3v) is 2.40. The van der Waals surface area contributed by atoms with E-state index in [-0.39, 0.29) is 18.7 Å². The minimum absolute atomic E-state index is 0.0780. The average molecular weight is 285 g/mol. The van der Waals surface area contributed by atoms with Gasteiger partial charge in [0.15, 0.2) is 5.69 Å². The van der Waals surface area contributed by atoms with E-state index in [1.807, 2.05) is 5.32 Å². The molecule has 0 bridgehead atoms. The maximum Gasteiger partial charge on any atom is 0.358 e. The van der Waals surface area contributed by atoms with Crippen molar-refractivity contribution in [3.05, 3.63) is 11.4 Å². The monoisotopic (exact) mass is 285 g/mol. The molecule has 4 N–H and O–H groups in total. The van der Waals surface area contributed by atoms with Crippen molar-refractivity contribution in [2.75, 3.05) is 13.7 Å². The minimum atomic E-state index is -1.20. The Hall–Kier alpha value is -2.49. The molecule has 110 valence electrons. The Morgan fingerprint density at radius 1 is 1.45 bits per heavy atom. The first-order valence-electron chi connectivity index (χ1n) is 5.69. The van der Waals surface area contributed by atoms with E-state index in [2.05, 4.69) is 10.3 Å². The fourth-order valence-corrected chi connectivity index (χ4v) is 1.53. The van der Waals surface area contributed by atoms with Gasteiger partial charge in [0.2, 0.25) is 5.91 Å². The predicted octanol–water partition coefficient (Wildman–Crippen LogP) is -1.25. The van der Waals surface area contributed by atoms with Crippen LogP contribution in [-0.2, 0) is 22.5 Å². The number of primary amides is 1. The van der Waals surface area contributed by atoms with Gasteiger partial charge < -0.3 is 15.6 Å². The number of aryl methyl sites for hydroxylation is 1. The Balaban J connectivity index is 2.76. The fraction of sp³-hybridized carbons (Fsp3) is 0.500. The summed E-state index contributed by atoms with van der Waals surface area (Å²) in [4.78, 5) is 32.7. The van der Waals surface area contributed by atoms with Crippen LogP contribution in [0.15, 0.2) is 0 Å². The molecule has 0 saturated heterocycles. The molecule has 0 unspecified atom stereocenters. The molecule has 0 aliphatic heterocycles. The summed E-state index contributed by atoms with van der Waals surface area (Å²) in [5.74, 6) is -1.79. The maximum atomic E-state index is 11.3. The molecule has 0 spiro atoms. The summed E-state index contributed by atoms with van der Waals surface area (Å²) >= 11 is 0. The number of carbonyl (C=O) groups is 3. The van der Waals surface area contributed by atoms with Crippen LogP contribution in [0.1, 0.15) is 22.6 Å². The second-order valence-corrected chi connectivity index (χ2v) is 3.82. The van der Waals surface area contributed by atoms with E-state index in [4.69, 9.17) is 15.6 Å². The number of methoxy groups -OCH3 is 1. The van der Waals surface area contributed by atoms with Crippen molar-refractivity contribution in [1.29, 1.82) is 0 Å². The zero-order chi connectivity index (χ0) is 15.1. The van der Waals surface area contributed by atoms with Crippen LogP contribution in [0.5, 0.6) is 0 Å². The fourth-order valence-electron chi connectivity index (χ4n) is 1.53. The number of aromatic carboxylic acids is 1. The van der Waals surface area contributed by atoms with E-state index >= 15 is 0 Å². The number of carboxylic acids is 1. The molecule has 0 aromatic carbocycles. The van der Waals surface area contributed by atoms with E-state index in [9.17, 15) is 14.4 Å². The molecule has 20 heavy (non-hydrogen) atoms.